The van der Waals surface area contributed by atoms with Crippen LogP contribution in [-0.4, -0.2) is 12.5 Å². The maximum atomic E-state index is 13.2. The van der Waals surface area contributed by atoms with Crippen LogP contribution >= 0.6 is 0 Å². The second kappa shape index (κ2) is 6.69. The summed E-state index contributed by atoms with van der Waals surface area (Å²) >= 11 is 0. The Morgan fingerprint density at radius 2 is 1.95 bits per heavy atom. The van der Waals surface area contributed by atoms with Crippen LogP contribution in [0.2, 0.25) is 0 Å². The third kappa shape index (κ3) is 3.91. The number of anilines is 1. The number of hydrogen-bond donors (Lipinski definition) is 2. The number of amides is 1. The van der Waals surface area contributed by atoms with Crippen LogP contribution in [0, 0.1) is 24.6 Å². The smallest absolute Gasteiger partial charge is 0.255 e. The summed E-state index contributed by atoms with van der Waals surface area (Å²) in [5, 5.41) is 2.73. The van der Waals surface area contributed by atoms with Crippen LogP contribution in [0.25, 0.3) is 0 Å². The molecule has 21 heavy (non-hydrogen) atoms. The van der Waals surface area contributed by atoms with E-state index in [1.165, 1.54) is 12.1 Å². The van der Waals surface area contributed by atoms with Crippen LogP contribution < -0.4 is 11.1 Å². The summed E-state index contributed by atoms with van der Waals surface area (Å²) in [7, 11) is 0. The van der Waals surface area contributed by atoms with Gasteiger partial charge in [0.25, 0.3) is 5.91 Å². The SMILES string of the molecule is Cc1cc(NC(=O)c2ccc(C#CCN)cc2)ccc1F. The van der Waals surface area contributed by atoms with E-state index in [2.05, 4.69) is 17.2 Å². The van der Waals surface area contributed by atoms with Gasteiger partial charge in [0.05, 0.1) is 6.54 Å². The summed E-state index contributed by atoms with van der Waals surface area (Å²) in [5.41, 5.74) is 7.66. The molecule has 2 aromatic carbocycles. The Labute approximate surface area is 123 Å². The molecule has 0 atom stereocenters. The number of nitrogens with one attached hydrogen (secondary N) is 1. The van der Waals surface area contributed by atoms with Crippen molar-refractivity contribution in [1.29, 1.82) is 0 Å². The molecule has 0 fully saturated rings. The number of aryl methyl sites for hydroxylation is 1. The highest BCUT2D eigenvalue weighted by Gasteiger charge is 2.07. The number of hydrogen-bond acceptors (Lipinski definition) is 2. The Hall–Kier alpha value is -2.64. The summed E-state index contributed by atoms with van der Waals surface area (Å²) in [5.74, 6) is 5.09. The zero-order valence-corrected chi connectivity index (χ0v) is 11.6. The summed E-state index contributed by atoms with van der Waals surface area (Å²) in [6.07, 6.45) is 0. The van der Waals surface area contributed by atoms with Gasteiger partial charge in [-0.1, -0.05) is 11.8 Å². The van der Waals surface area contributed by atoms with E-state index < -0.39 is 0 Å². The van der Waals surface area contributed by atoms with Crippen LogP contribution in [0.3, 0.4) is 0 Å². The number of carbonyl (C=O) groups excluding carboxylic acids is 1. The lowest BCUT2D eigenvalue weighted by atomic mass is 10.1. The second-order valence-corrected chi connectivity index (χ2v) is 4.50. The van der Waals surface area contributed by atoms with Crippen molar-refractivity contribution >= 4 is 11.6 Å². The van der Waals surface area contributed by atoms with Crippen molar-refractivity contribution < 1.29 is 9.18 Å². The van der Waals surface area contributed by atoms with Gasteiger partial charge in [-0.2, -0.15) is 0 Å². The standard InChI is InChI=1S/C17H15FN2O/c1-12-11-15(8-9-16(12)18)20-17(21)14-6-4-13(5-7-14)3-2-10-19/h4-9,11H,10,19H2,1H3,(H,20,21). The van der Waals surface area contributed by atoms with Crippen molar-refractivity contribution in [3.8, 4) is 11.8 Å². The molecule has 0 unspecified atom stereocenters. The molecule has 0 saturated carbocycles. The third-order valence-corrected chi connectivity index (χ3v) is 2.90. The Morgan fingerprint density at radius 3 is 2.57 bits per heavy atom. The van der Waals surface area contributed by atoms with Gasteiger partial charge in [0.1, 0.15) is 5.82 Å². The number of benzene rings is 2. The number of nitrogens with two attached hydrogens (primary N) is 1. The molecule has 106 valence electrons. The monoisotopic (exact) mass is 282 g/mol. The van der Waals surface area contributed by atoms with E-state index in [-0.39, 0.29) is 11.7 Å². The molecule has 0 aromatic heterocycles. The minimum Gasteiger partial charge on any atom is -0.322 e. The van der Waals surface area contributed by atoms with E-state index in [0.717, 1.165) is 5.56 Å². The first-order valence-corrected chi connectivity index (χ1v) is 6.46. The van der Waals surface area contributed by atoms with Crippen molar-refractivity contribution in [2.75, 3.05) is 11.9 Å². The maximum absolute atomic E-state index is 13.2. The average molecular weight is 282 g/mol. The van der Waals surface area contributed by atoms with Gasteiger partial charge in [-0.25, -0.2) is 4.39 Å². The molecule has 0 aliphatic heterocycles. The molecule has 0 bridgehead atoms. The topological polar surface area (TPSA) is 55.1 Å². The lowest BCUT2D eigenvalue weighted by molar-refractivity contribution is 0.102. The quantitative estimate of drug-likeness (QED) is 0.832. The maximum Gasteiger partial charge on any atom is 0.255 e. The Bertz CT molecular complexity index is 712. The molecular weight excluding hydrogens is 267 g/mol. The van der Waals surface area contributed by atoms with Crippen LogP contribution in [0.15, 0.2) is 42.5 Å². The van der Waals surface area contributed by atoms with E-state index in [1.54, 1.807) is 37.3 Å². The summed E-state index contributed by atoms with van der Waals surface area (Å²) in [6, 6.07) is 11.3. The lowest BCUT2D eigenvalue weighted by Gasteiger charge is -2.06. The molecule has 3 N–H and O–H groups in total. The van der Waals surface area contributed by atoms with Gasteiger partial charge in [-0.15, -0.1) is 0 Å². The van der Waals surface area contributed by atoms with E-state index in [0.29, 0.717) is 23.4 Å². The number of halogens is 1. The van der Waals surface area contributed by atoms with Crippen LogP contribution in [-0.2, 0) is 0 Å². The fraction of sp³-hybridized carbons (Fsp3) is 0.118. The predicted octanol–water partition coefficient (Wildman–Crippen LogP) is 2.70. The summed E-state index contributed by atoms with van der Waals surface area (Å²) in [6.45, 7) is 1.95. The first-order chi connectivity index (χ1) is 10.1. The normalized spacial score (nSPS) is 9.67. The van der Waals surface area contributed by atoms with Crippen molar-refractivity contribution in [2.45, 2.75) is 6.92 Å². The Kier molecular flexibility index (Phi) is 4.70. The highest BCUT2D eigenvalue weighted by molar-refractivity contribution is 6.04. The van der Waals surface area contributed by atoms with Crippen molar-refractivity contribution in [2.24, 2.45) is 5.73 Å². The highest BCUT2D eigenvalue weighted by Crippen LogP contribution is 2.15. The fourth-order valence-electron chi connectivity index (χ4n) is 1.78. The minimum absolute atomic E-state index is 0.251. The molecule has 2 rings (SSSR count). The molecule has 2 aromatic rings. The molecule has 0 aliphatic carbocycles. The average Bonchev–Trinajstić information content (AvgIpc) is 2.49. The minimum atomic E-state index is -0.296. The third-order valence-electron chi connectivity index (χ3n) is 2.90. The number of rotatable bonds is 2. The van der Waals surface area contributed by atoms with E-state index in [1.807, 2.05) is 0 Å². The van der Waals surface area contributed by atoms with Crippen molar-refractivity contribution in [1.82, 2.24) is 0 Å². The molecular formula is C17H15FN2O. The number of carbonyl (C=O) groups is 1. The van der Waals surface area contributed by atoms with Crippen molar-refractivity contribution in [3.63, 3.8) is 0 Å². The van der Waals surface area contributed by atoms with Crippen LogP contribution in [0.4, 0.5) is 10.1 Å². The molecule has 0 aliphatic rings. The van der Waals surface area contributed by atoms with Gasteiger partial charge in [0.15, 0.2) is 0 Å². The molecule has 0 heterocycles. The van der Waals surface area contributed by atoms with Crippen molar-refractivity contribution in [3.05, 3.63) is 65.0 Å². The van der Waals surface area contributed by atoms with Crippen LogP contribution in [0.1, 0.15) is 21.5 Å². The van der Waals surface area contributed by atoms with Gasteiger partial charge in [0.2, 0.25) is 0 Å². The zero-order valence-electron chi connectivity index (χ0n) is 11.6. The Morgan fingerprint density at radius 1 is 1.24 bits per heavy atom. The predicted molar refractivity (Wildman–Crippen MR) is 81.5 cm³/mol. The van der Waals surface area contributed by atoms with Gasteiger partial charge < -0.3 is 11.1 Å². The van der Waals surface area contributed by atoms with Gasteiger partial charge in [-0.05, 0) is 55.0 Å². The first-order valence-electron chi connectivity index (χ1n) is 6.46. The van der Waals surface area contributed by atoms with E-state index >= 15 is 0 Å². The van der Waals surface area contributed by atoms with E-state index in [9.17, 15) is 9.18 Å². The van der Waals surface area contributed by atoms with Gasteiger partial charge in [0, 0.05) is 16.8 Å². The van der Waals surface area contributed by atoms with E-state index in [4.69, 9.17) is 5.73 Å². The largest absolute Gasteiger partial charge is 0.322 e. The molecule has 1 amide bonds. The lowest BCUT2D eigenvalue weighted by Crippen LogP contribution is -2.12. The summed E-state index contributed by atoms with van der Waals surface area (Å²) in [4.78, 5) is 12.1. The molecule has 0 saturated heterocycles. The summed E-state index contributed by atoms with van der Waals surface area (Å²) < 4.78 is 13.2. The fourth-order valence-corrected chi connectivity index (χ4v) is 1.78. The first kappa shape index (κ1) is 14.8. The molecule has 4 heteroatoms. The molecule has 3 nitrogen and oxygen atoms in total. The van der Waals surface area contributed by atoms with Gasteiger partial charge in [-0.3, -0.25) is 4.79 Å². The second-order valence-electron chi connectivity index (χ2n) is 4.50. The zero-order chi connectivity index (χ0) is 15.2. The highest BCUT2D eigenvalue weighted by atomic mass is 19.1. The molecule has 0 spiro atoms. The Balaban J connectivity index is 2.11. The van der Waals surface area contributed by atoms with Gasteiger partial charge >= 0.3 is 0 Å². The molecule has 0 radical (unpaired) electrons. The van der Waals surface area contributed by atoms with Crippen LogP contribution in [0.5, 0.6) is 0 Å².